The van der Waals surface area contributed by atoms with Gasteiger partial charge in [0.1, 0.15) is 0 Å². The molecule has 6 heteroatoms. The molecule has 0 aliphatic carbocycles. The molecule has 222 valence electrons. The SMILES string of the molecule is CCC(C)COC(=O)CCN1CCC(CCCC2CCN(CCC(=O)OCCC(C)(CC)CC)CC2)CC1. The maximum atomic E-state index is 12.2. The summed E-state index contributed by atoms with van der Waals surface area (Å²) in [5, 5.41) is 0. The van der Waals surface area contributed by atoms with Crippen molar-refractivity contribution >= 4 is 11.9 Å². The van der Waals surface area contributed by atoms with Gasteiger partial charge in [-0.25, -0.2) is 0 Å². The van der Waals surface area contributed by atoms with Gasteiger partial charge in [-0.3, -0.25) is 9.59 Å². The Kier molecular flexibility index (Phi) is 15.9. The van der Waals surface area contributed by atoms with Crippen LogP contribution in [0.3, 0.4) is 0 Å². The normalized spacial score (nSPS) is 19.4. The number of ether oxygens (including phenoxy) is 2. The predicted molar refractivity (Wildman–Crippen MR) is 156 cm³/mol. The van der Waals surface area contributed by atoms with Gasteiger partial charge in [0, 0.05) is 13.1 Å². The molecule has 0 N–H and O–H groups in total. The number of nitrogens with zero attached hydrogens (tertiary/aromatic N) is 2. The van der Waals surface area contributed by atoms with Crippen LogP contribution in [-0.2, 0) is 19.1 Å². The molecule has 2 heterocycles. The zero-order chi connectivity index (χ0) is 27.8. The number of carbonyl (C=O) groups excluding carboxylic acids is 2. The van der Waals surface area contributed by atoms with E-state index in [1.807, 2.05) is 0 Å². The average Bonchev–Trinajstić information content (AvgIpc) is 2.94. The molecule has 2 rings (SSSR count). The molecular formula is C32H60N2O4. The summed E-state index contributed by atoms with van der Waals surface area (Å²) in [5.41, 5.74) is 0.295. The molecule has 38 heavy (non-hydrogen) atoms. The maximum Gasteiger partial charge on any atom is 0.307 e. The lowest BCUT2D eigenvalue weighted by Crippen LogP contribution is -2.36. The fraction of sp³-hybridized carbons (Fsp3) is 0.938. The lowest BCUT2D eigenvalue weighted by Gasteiger charge is -2.33. The van der Waals surface area contributed by atoms with E-state index in [9.17, 15) is 9.59 Å². The number of piperidine rings is 2. The van der Waals surface area contributed by atoms with E-state index in [1.54, 1.807) is 0 Å². The highest BCUT2D eigenvalue weighted by Gasteiger charge is 2.23. The second-order valence-corrected chi connectivity index (χ2v) is 12.7. The highest BCUT2D eigenvalue weighted by molar-refractivity contribution is 5.69. The molecule has 1 unspecified atom stereocenters. The van der Waals surface area contributed by atoms with E-state index in [1.165, 1.54) is 44.9 Å². The number of esters is 2. The fourth-order valence-electron chi connectivity index (χ4n) is 5.70. The summed E-state index contributed by atoms with van der Waals surface area (Å²) in [6.07, 6.45) is 14.5. The summed E-state index contributed by atoms with van der Waals surface area (Å²) in [6.45, 7) is 18.3. The molecule has 1 atom stereocenters. The summed E-state index contributed by atoms with van der Waals surface area (Å²) < 4.78 is 10.9. The summed E-state index contributed by atoms with van der Waals surface area (Å²) in [4.78, 5) is 29.0. The van der Waals surface area contributed by atoms with Crippen molar-refractivity contribution in [2.45, 2.75) is 118 Å². The van der Waals surface area contributed by atoms with Crippen LogP contribution in [0.4, 0.5) is 0 Å². The van der Waals surface area contributed by atoms with E-state index in [0.29, 0.717) is 37.4 Å². The van der Waals surface area contributed by atoms with Crippen molar-refractivity contribution in [1.82, 2.24) is 9.80 Å². The molecule has 2 aliphatic heterocycles. The molecule has 0 amide bonds. The Hall–Kier alpha value is -1.14. The number of hydrogen-bond donors (Lipinski definition) is 0. The van der Waals surface area contributed by atoms with E-state index in [4.69, 9.17) is 9.47 Å². The van der Waals surface area contributed by atoms with Gasteiger partial charge in [-0.1, -0.05) is 73.1 Å². The van der Waals surface area contributed by atoms with Crippen molar-refractivity contribution in [1.29, 1.82) is 0 Å². The van der Waals surface area contributed by atoms with Crippen LogP contribution in [0.1, 0.15) is 118 Å². The molecule has 0 aromatic rings. The van der Waals surface area contributed by atoms with Crippen molar-refractivity contribution in [3.8, 4) is 0 Å². The zero-order valence-electron chi connectivity index (χ0n) is 25.6. The third kappa shape index (κ3) is 13.3. The molecule has 0 spiro atoms. The Labute approximate surface area is 234 Å². The van der Waals surface area contributed by atoms with Gasteiger partial charge in [0.05, 0.1) is 26.1 Å². The first-order chi connectivity index (χ1) is 18.3. The Morgan fingerprint density at radius 1 is 0.816 bits per heavy atom. The van der Waals surface area contributed by atoms with Crippen LogP contribution in [-0.4, -0.2) is 74.2 Å². The van der Waals surface area contributed by atoms with Crippen LogP contribution in [0.25, 0.3) is 0 Å². The monoisotopic (exact) mass is 536 g/mol. The maximum absolute atomic E-state index is 12.2. The number of rotatable bonds is 18. The van der Waals surface area contributed by atoms with Crippen molar-refractivity contribution in [3.05, 3.63) is 0 Å². The van der Waals surface area contributed by atoms with Gasteiger partial charge in [0.25, 0.3) is 0 Å². The summed E-state index contributed by atoms with van der Waals surface area (Å²) in [7, 11) is 0. The molecule has 0 bridgehead atoms. The molecule has 0 radical (unpaired) electrons. The van der Waals surface area contributed by atoms with Gasteiger partial charge in [-0.15, -0.1) is 0 Å². The molecule has 6 nitrogen and oxygen atoms in total. The van der Waals surface area contributed by atoms with Crippen LogP contribution in [0, 0.1) is 23.2 Å². The Morgan fingerprint density at radius 2 is 1.29 bits per heavy atom. The van der Waals surface area contributed by atoms with E-state index < -0.39 is 0 Å². The Balaban J connectivity index is 1.47. The standard InChI is InChI=1S/C32H60N2O4/c1-6-27(4)26-38-31(36)17-24-34-21-14-29(15-22-34)11-9-10-28-12-19-33(20-13-28)23-16-30(35)37-25-18-32(5,7-2)8-3/h27-29H,6-26H2,1-5H3. The molecule has 2 fully saturated rings. The minimum atomic E-state index is -0.0413. The van der Waals surface area contributed by atoms with E-state index in [2.05, 4.69) is 44.4 Å². The smallest absolute Gasteiger partial charge is 0.307 e. The topological polar surface area (TPSA) is 59.1 Å². The first-order valence-electron chi connectivity index (χ1n) is 16.0. The average molecular weight is 537 g/mol. The quantitative estimate of drug-likeness (QED) is 0.181. The predicted octanol–water partition coefficient (Wildman–Crippen LogP) is 6.71. The lowest BCUT2D eigenvalue weighted by atomic mass is 9.82. The highest BCUT2D eigenvalue weighted by atomic mass is 16.5. The highest BCUT2D eigenvalue weighted by Crippen LogP contribution is 2.30. The van der Waals surface area contributed by atoms with Crippen molar-refractivity contribution in [3.63, 3.8) is 0 Å². The van der Waals surface area contributed by atoms with Crippen molar-refractivity contribution < 1.29 is 19.1 Å². The molecule has 0 saturated carbocycles. The Bertz CT molecular complexity index is 650. The van der Waals surface area contributed by atoms with Crippen LogP contribution >= 0.6 is 0 Å². The first kappa shape index (κ1) is 33.1. The van der Waals surface area contributed by atoms with Gasteiger partial charge < -0.3 is 19.3 Å². The zero-order valence-corrected chi connectivity index (χ0v) is 25.6. The van der Waals surface area contributed by atoms with Gasteiger partial charge in [-0.05, 0) is 81.5 Å². The van der Waals surface area contributed by atoms with E-state index >= 15 is 0 Å². The van der Waals surface area contributed by atoms with Gasteiger partial charge >= 0.3 is 11.9 Å². The van der Waals surface area contributed by atoms with Gasteiger partial charge in [0.15, 0.2) is 0 Å². The van der Waals surface area contributed by atoms with Gasteiger partial charge in [-0.2, -0.15) is 0 Å². The van der Waals surface area contributed by atoms with Crippen LogP contribution in [0.5, 0.6) is 0 Å². The van der Waals surface area contributed by atoms with Crippen LogP contribution < -0.4 is 0 Å². The third-order valence-electron chi connectivity index (χ3n) is 9.80. The second-order valence-electron chi connectivity index (χ2n) is 12.7. The number of carbonyl (C=O) groups is 2. The lowest BCUT2D eigenvalue weighted by molar-refractivity contribution is -0.146. The minimum absolute atomic E-state index is 0.0331. The largest absolute Gasteiger partial charge is 0.466 e. The third-order valence-corrected chi connectivity index (χ3v) is 9.80. The molecule has 0 aromatic carbocycles. The minimum Gasteiger partial charge on any atom is -0.466 e. The summed E-state index contributed by atoms with van der Waals surface area (Å²) in [6, 6.07) is 0. The number of hydrogen-bond acceptors (Lipinski definition) is 6. The summed E-state index contributed by atoms with van der Waals surface area (Å²) >= 11 is 0. The van der Waals surface area contributed by atoms with E-state index in [-0.39, 0.29) is 11.9 Å². The first-order valence-corrected chi connectivity index (χ1v) is 16.0. The van der Waals surface area contributed by atoms with Crippen molar-refractivity contribution in [2.24, 2.45) is 23.2 Å². The van der Waals surface area contributed by atoms with Crippen LogP contribution in [0.15, 0.2) is 0 Å². The van der Waals surface area contributed by atoms with Crippen molar-refractivity contribution in [2.75, 3.05) is 52.5 Å². The Morgan fingerprint density at radius 3 is 1.74 bits per heavy atom. The second kappa shape index (κ2) is 18.3. The fourth-order valence-corrected chi connectivity index (χ4v) is 5.70. The molecule has 2 saturated heterocycles. The molecule has 0 aromatic heterocycles. The number of likely N-dealkylation sites (tertiary alicyclic amines) is 2. The van der Waals surface area contributed by atoms with E-state index in [0.717, 1.165) is 76.8 Å². The molecule has 2 aliphatic rings. The van der Waals surface area contributed by atoms with Gasteiger partial charge in [0.2, 0.25) is 0 Å². The summed E-state index contributed by atoms with van der Waals surface area (Å²) in [5.74, 6) is 2.08. The molecular weight excluding hydrogens is 476 g/mol. The van der Waals surface area contributed by atoms with Crippen LogP contribution in [0.2, 0.25) is 0 Å².